The molecule has 1 aromatic heterocycles. The normalized spacial score (nSPS) is 12.0. The minimum absolute atomic E-state index is 0.254. The van der Waals surface area contributed by atoms with Crippen LogP contribution in [0.4, 0.5) is 10.5 Å². The number of urea groups is 1. The molecule has 0 aliphatic carbocycles. The molecule has 0 saturated carbocycles. The molecule has 0 bridgehead atoms. The summed E-state index contributed by atoms with van der Waals surface area (Å²) in [4.78, 5) is 11.8. The molecule has 1 heterocycles. The summed E-state index contributed by atoms with van der Waals surface area (Å²) in [6.07, 6.45) is -0.0324. The molecule has 1 atom stereocenters. The molecule has 5 heteroatoms. The van der Waals surface area contributed by atoms with Gasteiger partial charge in [-0.15, -0.1) is 0 Å². The lowest BCUT2D eigenvalue weighted by molar-refractivity contribution is 0.168. The van der Waals surface area contributed by atoms with Gasteiger partial charge in [0.25, 0.3) is 0 Å². The van der Waals surface area contributed by atoms with Crippen LogP contribution in [0.1, 0.15) is 29.2 Å². The Bertz CT molecular complexity index is 596. The molecular formula is C16H20N2O2S. The Labute approximate surface area is 128 Å². The first kappa shape index (κ1) is 15.5. The van der Waals surface area contributed by atoms with Gasteiger partial charge in [-0.05, 0) is 65.9 Å². The van der Waals surface area contributed by atoms with Crippen molar-refractivity contribution in [1.29, 1.82) is 0 Å². The van der Waals surface area contributed by atoms with Gasteiger partial charge in [-0.1, -0.05) is 6.07 Å². The maximum absolute atomic E-state index is 11.8. The van der Waals surface area contributed by atoms with Crippen LogP contribution in [0, 0.1) is 13.8 Å². The van der Waals surface area contributed by atoms with E-state index in [-0.39, 0.29) is 6.03 Å². The second-order valence-corrected chi connectivity index (χ2v) is 5.82. The summed E-state index contributed by atoms with van der Waals surface area (Å²) in [5.41, 5.74) is 4.01. The maximum atomic E-state index is 11.8. The van der Waals surface area contributed by atoms with Gasteiger partial charge in [0.1, 0.15) is 0 Å². The molecule has 0 spiro atoms. The smallest absolute Gasteiger partial charge is 0.319 e. The summed E-state index contributed by atoms with van der Waals surface area (Å²) in [5, 5.41) is 19.3. The minimum Gasteiger partial charge on any atom is -0.388 e. The third-order valence-electron chi connectivity index (χ3n) is 3.40. The highest BCUT2D eigenvalue weighted by atomic mass is 32.1. The highest BCUT2D eigenvalue weighted by Gasteiger charge is 2.08. The van der Waals surface area contributed by atoms with Crippen LogP contribution >= 0.6 is 11.3 Å². The van der Waals surface area contributed by atoms with Crippen molar-refractivity contribution in [2.75, 3.05) is 11.9 Å². The number of aryl methyl sites for hydroxylation is 2. The Morgan fingerprint density at radius 3 is 2.76 bits per heavy atom. The molecule has 1 aromatic carbocycles. The SMILES string of the molecule is Cc1ccc(NC(=O)NCCC(O)c2ccsc2)cc1C. The fourth-order valence-electron chi connectivity index (χ4n) is 1.95. The van der Waals surface area contributed by atoms with E-state index in [1.165, 1.54) is 5.56 Å². The molecule has 0 saturated heterocycles. The zero-order valence-electron chi connectivity index (χ0n) is 12.2. The third kappa shape index (κ3) is 4.58. The second kappa shape index (κ2) is 7.24. The van der Waals surface area contributed by atoms with Crippen LogP contribution in [0.5, 0.6) is 0 Å². The summed E-state index contributed by atoms with van der Waals surface area (Å²) < 4.78 is 0. The zero-order chi connectivity index (χ0) is 15.2. The Hall–Kier alpha value is -1.85. The van der Waals surface area contributed by atoms with Gasteiger partial charge in [0.05, 0.1) is 6.10 Å². The van der Waals surface area contributed by atoms with E-state index in [9.17, 15) is 9.90 Å². The Morgan fingerprint density at radius 2 is 2.10 bits per heavy atom. The molecule has 0 aliphatic heterocycles. The molecule has 4 nitrogen and oxygen atoms in total. The largest absolute Gasteiger partial charge is 0.388 e. The zero-order valence-corrected chi connectivity index (χ0v) is 13.0. The average Bonchev–Trinajstić information content (AvgIpc) is 2.97. The first-order chi connectivity index (χ1) is 10.1. The number of carbonyl (C=O) groups excluding carboxylic acids is 1. The van der Waals surface area contributed by atoms with Crippen molar-refractivity contribution in [2.24, 2.45) is 0 Å². The molecular weight excluding hydrogens is 284 g/mol. The van der Waals surface area contributed by atoms with E-state index in [0.29, 0.717) is 13.0 Å². The molecule has 21 heavy (non-hydrogen) atoms. The van der Waals surface area contributed by atoms with Crippen molar-refractivity contribution in [2.45, 2.75) is 26.4 Å². The maximum Gasteiger partial charge on any atom is 0.319 e. The van der Waals surface area contributed by atoms with Crippen molar-refractivity contribution in [3.63, 3.8) is 0 Å². The van der Waals surface area contributed by atoms with Crippen LogP contribution in [0.25, 0.3) is 0 Å². The van der Waals surface area contributed by atoms with Gasteiger partial charge in [0, 0.05) is 12.2 Å². The summed E-state index contributed by atoms with van der Waals surface area (Å²) >= 11 is 1.55. The number of benzene rings is 1. The van der Waals surface area contributed by atoms with E-state index in [2.05, 4.69) is 10.6 Å². The van der Waals surface area contributed by atoms with Crippen molar-refractivity contribution >= 4 is 23.1 Å². The van der Waals surface area contributed by atoms with Crippen LogP contribution in [-0.4, -0.2) is 17.7 Å². The van der Waals surface area contributed by atoms with Gasteiger partial charge < -0.3 is 15.7 Å². The molecule has 1 unspecified atom stereocenters. The minimum atomic E-state index is -0.529. The molecule has 3 N–H and O–H groups in total. The topological polar surface area (TPSA) is 61.4 Å². The van der Waals surface area contributed by atoms with Crippen LogP contribution < -0.4 is 10.6 Å². The first-order valence-corrected chi connectivity index (χ1v) is 7.83. The number of rotatable bonds is 5. The van der Waals surface area contributed by atoms with E-state index in [1.54, 1.807) is 11.3 Å². The highest BCUT2D eigenvalue weighted by molar-refractivity contribution is 7.07. The van der Waals surface area contributed by atoms with E-state index < -0.39 is 6.10 Å². The van der Waals surface area contributed by atoms with Gasteiger partial charge in [-0.25, -0.2) is 4.79 Å². The number of hydrogen-bond acceptors (Lipinski definition) is 3. The standard InChI is InChI=1S/C16H20N2O2S/c1-11-3-4-14(9-12(11)2)18-16(20)17-7-5-15(19)13-6-8-21-10-13/h3-4,6,8-10,15,19H,5,7H2,1-2H3,(H2,17,18,20). The fourth-order valence-corrected chi connectivity index (χ4v) is 2.66. The van der Waals surface area contributed by atoms with Crippen LogP contribution in [0.3, 0.4) is 0 Å². The summed E-state index contributed by atoms with van der Waals surface area (Å²) in [6.45, 7) is 4.47. The van der Waals surface area contributed by atoms with E-state index in [1.807, 2.05) is 48.9 Å². The monoisotopic (exact) mass is 304 g/mol. The number of carbonyl (C=O) groups is 1. The molecule has 0 aliphatic rings. The molecule has 2 aromatic rings. The lowest BCUT2D eigenvalue weighted by Crippen LogP contribution is -2.30. The summed E-state index contributed by atoms with van der Waals surface area (Å²) in [6, 6.07) is 7.43. The lowest BCUT2D eigenvalue weighted by atomic mass is 10.1. The number of aliphatic hydroxyl groups is 1. The molecule has 112 valence electrons. The lowest BCUT2D eigenvalue weighted by Gasteiger charge is -2.11. The average molecular weight is 304 g/mol. The van der Waals surface area contributed by atoms with E-state index in [0.717, 1.165) is 16.8 Å². The van der Waals surface area contributed by atoms with Crippen LogP contribution in [0.15, 0.2) is 35.0 Å². The van der Waals surface area contributed by atoms with E-state index >= 15 is 0 Å². The van der Waals surface area contributed by atoms with E-state index in [4.69, 9.17) is 0 Å². The van der Waals surface area contributed by atoms with Crippen LogP contribution in [0.2, 0.25) is 0 Å². The molecule has 2 rings (SSSR count). The van der Waals surface area contributed by atoms with Crippen LogP contribution in [-0.2, 0) is 0 Å². The molecule has 0 radical (unpaired) electrons. The predicted molar refractivity (Wildman–Crippen MR) is 86.8 cm³/mol. The number of hydrogen-bond donors (Lipinski definition) is 3. The number of aliphatic hydroxyl groups excluding tert-OH is 1. The number of anilines is 1. The van der Waals surface area contributed by atoms with Crippen molar-refractivity contribution < 1.29 is 9.90 Å². The predicted octanol–water partition coefficient (Wildman–Crippen LogP) is 3.61. The number of amides is 2. The second-order valence-electron chi connectivity index (χ2n) is 5.04. The number of thiophene rings is 1. The van der Waals surface area contributed by atoms with Crippen molar-refractivity contribution in [3.8, 4) is 0 Å². The Balaban J connectivity index is 1.76. The summed E-state index contributed by atoms with van der Waals surface area (Å²) in [5.74, 6) is 0. The van der Waals surface area contributed by atoms with Gasteiger partial charge >= 0.3 is 6.03 Å². The first-order valence-electron chi connectivity index (χ1n) is 6.88. The van der Waals surface area contributed by atoms with Gasteiger partial charge in [-0.2, -0.15) is 11.3 Å². The number of nitrogens with one attached hydrogen (secondary N) is 2. The highest BCUT2D eigenvalue weighted by Crippen LogP contribution is 2.18. The van der Waals surface area contributed by atoms with Crippen molar-refractivity contribution in [3.05, 3.63) is 51.7 Å². The fraction of sp³-hybridized carbons (Fsp3) is 0.312. The Morgan fingerprint density at radius 1 is 1.29 bits per heavy atom. The summed E-state index contributed by atoms with van der Waals surface area (Å²) in [7, 11) is 0. The van der Waals surface area contributed by atoms with Gasteiger partial charge in [0.2, 0.25) is 0 Å². The van der Waals surface area contributed by atoms with Gasteiger partial charge in [-0.3, -0.25) is 0 Å². The van der Waals surface area contributed by atoms with Crippen molar-refractivity contribution in [1.82, 2.24) is 5.32 Å². The molecule has 2 amide bonds. The molecule has 0 fully saturated rings. The quantitative estimate of drug-likeness (QED) is 0.790. The Kier molecular flexibility index (Phi) is 5.36. The van der Waals surface area contributed by atoms with Gasteiger partial charge in [0.15, 0.2) is 0 Å². The third-order valence-corrected chi connectivity index (χ3v) is 4.10.